The monoisotopic (exact) mass is 246 g/mol. The Morgan fingerprint density at radius 2 is 2.22 bits per heavy atom. The Labute approximate surface area is 104 Å². The maximum atomic E-state index is 11.3. The van der Waals surface area contributed by atoms with E-state index in [1.54, 1.807) is 6.07 Å². The number of anilines is 1. The summed E-state index contributed by atoms with van der Waals surface area (Å²) < 4.78 is 5.58. The van der Waals surface area contributed by atoms with Gasteiger partial charge in [0, 0.05) is 12.1 Å². The number of nitrogens with zero attached hydrogens (tertiary/aromatic N) is 1. The van der Waals surface area contributed by atoms with Crippen LogP contribution in [0, 0.1) is 0 Å². The van der Waals surface area contributed by atoms with Gasteiger partial charge in [-0.2, -0.15) is 0 Å². The summed E-state index contributed by atoms with van der Waals surface area (Å²) in [6, 6.07) is 7.48. The number of para-hydroxylation sites is 1. The van der Waals surface area contributed by atoms with Crippen LogP contribution in [0.25, 0.3) is 0 Å². The molecule has 1 aromatic carbocycles. The van der Waals surface area contributed by atoms with Crippen LogP contribution >= 0.6 is 0 Å². The molecule has 0 radical (unpaired) electrons. The summed E-state index contributed by atoms with van der Waals surface area (Å²) in [5, 5.41) is 3.04. The van der Waals surface area contributed by atoms with Gasteiger partial charge in [0.15, 0.2) is 5.69 Å². The normalized spacial score (nSPS) is 10.3. The minimum absolute atomic E-state index is 0.0308. The highest BCUT2D eigenvalue weighted by atomic mass is 16.5. The molecular weight excluding hydrogens is 232 g/mol. The second-order valence-corrected chi connectivity index (χ2v) is 3.69. The molecule has 0 fully saturated rings. The molecule has 0 spiro atoms. The number of nitrogen functional groups attached to an aromatic ring is 1. The molecule has 0 bridgehead atoms. The molecule has 0 aliphatic heterocycles. The van der Waals surface area contributed by atoms with Gasteiger partial charge in [-0.3, -0.25) is 4.79 Å². The van der Waals surface area contributed by atoms with Gasteiger partial charge in [-0.05, 0) is 13.1 Å². The van der Waals surface area contributed by atoms with Crippen LogP contribution < -0.4 is 21.3 Å². The average Bonchev–Trinajstić information content (AvgIpc) is 2.37. The van der Waals surface area contributed by atoms with E-state index in [0.717, 1.165) is 5.56 Å². The van der Waals surface area contributed by atoms with Crippen molar-refractivity contribution < 1.29 is 4.74 Å². The van der Waals surface area contributed by atoms with Crippen molar-refractivity contribution >= 4 is 5.69 Å². The molecule has 1 heterocycles. The molecular formula is C12H14N4O2. The molecule has 0 unspecified atom stereocenters. The minimum Gasteiger partial charge on any atom is -0.437 e. The molecule has 0 atom stereocenters. The molecule has 0 saturated heterocycles. The zero-order valence-electron chi connectivity index (χ0n) is 9.93. The van der Waals surface area contributed by atoms with E-state index in [2.05, 4.69) is 15.3 Å². The Kier molecular flexibility index (Phi) is 3.59. The first kappa shape index (κ1) is 12.1. The summed E-state index contributed by atoms with van der Waals surface area (Å²) in [7, 11) is 1.84. The maximum absolute atomic E-state index is 11.3. The van der Waals surface area contributed by atoms with Crippen molar-refractivity contribution in [3.05, 3.63) is 46.5 Å². The van der Waals surface area contributed by atoms with Gasteiger partial charge < -0.3 is 20.8 Å². The van der Waals surface area contributed by atoms with Gasteiger partial charge in [0.05, 0.1) is 6.33 Å². The summed E-state index contributed by atoms with van der Waals surface area (Å²) in [5.74, 6) is 0.735. The first-order valence-electron chi connectivity index (χ1n) is 5.46. The van der Waals surface area contributed by atoms with Crippen molar-refractivity contribution in [3.63, 3.8) is 0 Å². The lowest BCUT2D eigenvalue weighted by molar-refractivity contribution is 0.456. The zero-order chi connectivity index (χ0) is 13.0. The van der Waals surface area contributed by atoms with Gasteiger partial charge in [0.1, 0.15) is 5.75 Å². The predicted octanol–water partition coefficient (Wildman–Crippen LogP) is 0.864. The van der Waals surface area contributed by atoms with Crippen LogP contribution in [0.2, 0.25) is 0 Å². The highest BCUT2D eigenvalue weighted by molar-refractivity contribution is 5.48. The molecule has 2 rings (SSSR count). The SMILES string of the molecule is CNCc1ccccc1Oc1nc[nH]c(=O)c1N. The van der Waals surface area contributed by atoms with E-state index in [1.165, 1.54) is 6.33 Å². The fourth-order valence-electron chi connectivity index (χ4n) is 1.52. The molecule has 0 aliphatic rings. The van der Waals surface area contributed by atoms with E-state index in [4.69, 9.17) is 10.5 Å². The number of aromatic amines is 1. The van der Waals surface area contributed by atoms with Crippen molar-refractivity contribution in [2.45, 2.75) is 6.54 Å². The number of nitrogens with one attached hydrogen (secondary N) is 2. The number of H-pyrrole nitrogens is 1. The smallest absolute Gasteiger partial charge is 0.277 e. The third-order valence-electron chi connectivity index (χ3n) is 2.40. The Bertz CT molecular complexity index is 595. The van der Waals surface area contributed by atoms with Gasteiger partial charge in [-0.1, -0.05) is 18.2 Å². The molecule has 6 nitrogen and oxygen atoms in total. The molecule has 6 heteroatoms. The standard InChI is InChI=1S/C12H14N4O2/c1-14-6-8-4-2-3-5-9(8)18-12-10(13)11(17)15-7-16-12/h2-5,7,14H,6,13H2,1H3,(H,15,16,17). The number of hydrogen-bond acceptors (Lipinski definition) is 5. The lowest BCUT2D eigenvalue weighted by atomic mass is 10.2. The molecule has 4 N–H and O–H groups in total. The third-order valence-corrected chi connectivity index (χ3v) is 2.40. The van der Waals surface area contributed by atoms with E-state index in [9.17, 15) is 4.79 Å². The summed E-state index contributed by atoms with van der Waals surface area (Å²) in [4.78, 5) is 17.6. The van der Waals surface area contributed by atoms with Gasteiger partial charge >= 0.3 is 0 Å². The van der Waals surface area contributed by atoms with E-state index >= 15 is 0 Å². The van der Waals surface area contributed by atoms with Crippen molar-refractivity contribution in [1.82, 2.24) is 15.3 Å². The van der Waals surface area contributed by atoms with Crippen LogP contribution in [-0.4, -0.2) is 17.0 Å². The second kappa shape index (κ2) is 5.33. The van der Waals surface area contributed by atoms with Gasteiger partial charge in [-0.25, -0.2) is 4.98 Å². The largest absolute Gasteiger partial charge is 0.437 e. The maximum Gasteiger partial charge on any atom is 0.277 e. The molecule has 0 saturated carbocycles. The quantitative estimate of drug-likeness (QED) is 0.744. The van der Waals surface area contributed by atoms with Crippen LogP contribution in [-0.2, 0) is 6.54 Å². The van der Waals surface area contributed by atoms with Gasteiger partial charge in [-0.15, -0.1) is 0 Å². The van der Waals surface area contributed by atoms with Crippen LogP contribution in [0.3, 0.4) is 0 Å². The number of rotatable bonds is 4. The summed E-state index contributed by atoms with van der Waals surface area (Å²) in [5.41, 5.74) is 6.13. The number of aromatic nitrogens is 2. The van der Waals surface area contributed by atoms with E-state index < -0.39 is 5.56 Å². The molecule has 2 aromatic rings. The second-order valence-electron chi connectivity index (χ2n) is 3.69. The summed E-state index contributed by atoms with van der Waals surface area (Å²) >= 11 is 0. The number of ether oxygens (including phenoxy) is 1. The fraction of sp³-hybridized carbons (Fsp3) is 0.167. The van der Waals surface area contributed by atoms with Crippen LogP contribution in [0.1, 0.15) is 5.56 Å². The van der Waals surface area contributed by atoms with Crippen molar-refractivity contribution in [3.8, 4) is 11.6 Å². The zero-order valence-corrected chi connectivity index (χ0v) is 9.93. The van der Waals surface area contributed by atoms with Crippen LogP contribution in [0.15, 0.2) is 35.4 Å². The summed E-state index contributed by atoms with van der Waals surface area (Å²) in [6.07, 6.45) is 1.26. The molecule has 18 heavy (non-hydrogen) atoms. The van der Waals surface area contributed by atoms with Crippen LogP contribution in [0.5, 0.6) is 11.6 Å². The Hall–Kier alpha value is -2.34. The van der Waals surface area contributed by atoms with Crippen LogP contribution in [0.4, 0.5) is 5.69 Å². The summed E-state index contributed by atoms with van der Waals surface area (Å²) in [6.45, 7) is 0.652. The fourth-order valence-corrected chi connectivity index (χ4v) is 1.52. The number of nitrogens with two attached hydrogens (primary N) is 1. The van der Waals surface area contributed by atoms with E-state index in [1.807, 2.05) is 25.2 Å². The Morgan fingerprint density at radius 3 is 3.00 bits per heavy atom. The van der Waals surface area contributed by atoms with Crippen molar-refractivity contribution in [2.24, 2.45) is 0 Å². The molecule has 0 aliphatic carbocycles. The topological polar surface area (TPSA) is 93.0 Å². The Balaban J connectivity index is 2.34. The highest BCUT2D eigenvalue weighted by Gasteiger charge is 2.09. The lowest BCUT2D eigenvalue weighted by Crippen LogP contribution is -2.13. The molecule has 94 valence electrons. The average molecular weight is 246 g/mol. The first-order valence-corrected chi connectivity index (χ1v) is 5.46. The predicted molar refractivity (Wildman–Crippen MR) is 68.5 cm³/mol. The van der Waals surface area contributed by atoms with Crippen molar-refractivity contribution in [2.75, 3.05) is 12.8 Å². The minimum atomic E-state index is -0.411. The van der Waals surface area contributed by atoms with Gasteiger partial charge in [0.2, 0.25) is 5.88 Å². The lowest BCUT2D eigenvalue weighted by Gasteiger charge is -2.10. The van der Waals surface area contributed by atoms with Gasteiger partial charge in [0.25, 0.3) is 5.56 Å². The third kappa shape index (κ3) is 2.49. The first-order chi connectivity index (χ1) is 8.72. The van der Waals surface area contributed by atoms with E-state index in [-0.39, 0.29) is 11.6 Å². The highest BCUT2D eigenvalue weighted by Crippen LogP contribution is 2.25. The number of hydrogen-bond donors (Lipinski definition) is 3. The van der Waals surface area contributed by atoms with Crippen molar-refractivity contribution in [1.29, 1.82) is 0 Å². The molecule has 0 amide bonds. The number of benzene rings is 1. The Morgan fingerprint density at radius 1 is 1.44 bits per heavy atom. The molecule has 1 aromatic heterocycles. The van der Waals surface area contributed by atoms with E-state index in [0.29, 0.717) is 12.3 Å².